The highest BCUT2D eigenvalue weighted by atomic mass is 127. The summed E-state index contributed by atoms with van der Waals surface area (Å²) in [5.41, 5.74) is -0.0411. The Balaban J connectivity index is 1.89. The van der Waals surface area contributed by atoms with Gasteiger partial charge in [-0.05, 0) is 66.3 Å². The van der Waals surface area contributed by atoms with Gasteiger partial charge in [-0.3, -0.25) is 4.79 Å². The van der Waals surface area contributed by atoms with Crippen LogP contribution in [0.1, 0.15) is 49.4 Å². The van der Waals surface area contributed by atoms with Crippen molar-refractivity contribution in [2.45, 2.75) is 44.6 Å². The van der Waals surface area contributed by atoms with Gasteiger partial charge in [-0.2, -0.15) is 0 Å². The molecule has 1 aromatic carbocycles. The van der Waals surface area contributed by atoms with Crippen LogP contribution in [-0.2, 0) is 0 Å². The summed E-state index contributed by atoms with van der Waals surface area (Å²) >= 11 is 2.16. The van der Waals surface area contributed by atoms with Crippen molar-refractivity contribution in [2.24, 2.45) is 5.92 Å². The number of hydrogen-bond donors (Lipinski definition) is 2. The van der Waals surface area contributed by atoms with Crippen LogP contribution in [0.25, 0.3) is 0 Å². The van der Waals surface area contributed by atoms with E-state index in [1.54, 1.807) is 0 Å². The molecule has 0 unspecified atom stereocenters. The van der Waals surface area contributed by atoms with Crippen molar-refractivity contribution >= 4 is 28.5 Å². The Hall–Kier alpha value is -0.620. The number of rotatable bonds is 4. The van der Waals surface area contributed by atoms with Gasteiger partial charge in [-0.15, -0.1) is 0 Å². The molecule has 110 valence electrons. The molecule has 1 aliphatic carbocycles. The van der Waals surface area contributed by atoms with Crippen molar-refractivity contribution in [1.82, 2.24) is 5.32 Å². The molecule has 0 bridgehead atoms. The lowest BCUT2D eigenvalue weighted by molar-refractivity contribution is -0.00787. The average molecular weight is 387 g/mol. The van der Waals surface area contributed by atoms with E-state index in [9.17, 15) is 9.90 Å². The fourth-order valence-electron chi connectivity index (χ4n) is 2.79. The van der Waals surface area contributed by atoms with Crippen molar-refractivity contribution < 1.29 is 9.90 Å². The van der Waals surface area contributed by atoms with Crippen molar-refractivity contribution in [2.75, 3.05) is 6.54 Å². The van der Waals surface area contributed by atoms with Crippen LogP contribution in [0.4, 0.5) is 0 Å². The van der Waals surface area contributed by atoms with E-state index in [-0.39, 0.29) is 5.91 Å². The molecule has 0 radical (unpaired) electrons. The molecule has 0 aromatic heterocycles. The third kappa shape index (κ3) is 3.95. The number of amides is 1. The molecule has 3 nitrogen and oxygen atoms in total. The van der Waals surface area contributed by atoms with Gasteiger partial charge in [-0.25, -0.2) is 0 Å². The molecule has 0 spiro atoms. The van der Waals surface area contributed by atoms with Gasteiger partial charge < -0.3 is 10.4 Å². The van der Waals surface area contributed by atoms with Gasteiger partial charge in [0.2, 0.25) is 0 Å². The topological polar surface area (TPSA) is 49.3 Å². The Morgan fingerprint density at radius 2 is 2.05 bits per heavy atom. The van der Waals surface area contributed by atoms with E-state index in [1.165, 1.54) is 6.42 Å². The van der Waals surface area contributed by atoms with Crippen LogP contribution in [0.2, 0.25) is 0 Å². The summed E-state index contributed by atoms with van der Waals surface area (Å²) in [6, 6.07) is 7.50. The Labute approximate surface area is 134 Å². The SMILES string of the molecule is CCC1CCC(O)(CNC(=O)c2ccccc2I)CC1. The third-order valence-corrected chi connectivity index (χ3v) is 5.25. The molecule has 2 rings (SSSR count). The summed E-state index contributed by atoms with van der Waals surface area (Å²) in [5, 5.41) is 13.4. The summed E-state index contributed by atoms with van der Waals surface area (Å²) in [7, 11) is 0. The van der Waals surface area contributed by atoms with Gasteiger partial charge in [0.05, 0.1) is 11.2 Å². The van der Waals surface area contributed by atoms with Gasteiger partial charge >= 0.3 is 0 Å². The number of benzene rings is 1. The predicted molar refractivity (Wildman–Crippen MR) is 88.7 cm³/mol. The lowest BCUT2D eigenvalue weighted by Crippen LogP contribution is -2.45. The lowest BCUT2D eigenvalue weighted by atomic mass is 9.78. The van der Waals surface area contributed by atoms with E-state index in [0.29, 0.717) is 12.1 Å². The van der Waals surface area contributed by atoms with E-state index in [4.69, 9.17) is 0 Å². The second kappa shape index (κ2) is 6.89. The van der Waals surface area contributed by atoms with Crippen LogP contribution in [0, 0.1) is 9.49 Å². The predicted octanol–water partition coefficient (Wildman–Crippen LogP) is 3.35. The van der Waals surface area contributed by atoms with E-state index < -0.39 is 5.60 Å². The van der Waals surface area contributed by atoms with Gasteiger partial charge in [0.25, 0.3) is 5.91 Å². The lowest BCUT2D eigenvalue weighted by Gasteiger charge is -2.35. The molecule has 1 amide bonds. The summed E-state index contributed by atoms with van der Waals surface area (Å²) in [6.07, 6.45) is 4.89. The van der Waals surface area contributed by atoms with Crippen LogP contribution >= 0.6 is 22.6 Å². The molecule has 1 aliphatic rings. The van der Waals surface area contributed by atoms with Gasteiger partial charge in [0.15, 0.2) is 0 Å². The van der Waals surface area contributed by atoms with Crippen molar-refractivity contribution in [3.05, 3.63) is 33.4 Å². The largest absolute Gasteiger partial charge is 0.388 e. The first-order valence-electron chi connectivity index (χ1n) is 7.29. The molecule has 2 N–H and O–H groups in total. The number of aliphatic hydroxyl groups is 1. The number of halogens is 1. The van der Waals surface area contributed by atoms with Gasteiger partial charge in [-0.1, -0.05) is 25.5 Å². The maximum Gasteiger partial charge on any atom is 0.252 e. The molecule has 1 saturated carbocycles. The third-order valence-electron chi connectivity index (χ3n) is 4.31. The summed E-state index contributed by atoms with van der Waals surface area (Å²) < 4.78 is 0.935. The fraction of sp³-hybridized carbons (Fsp3) is 0.562. The average Bonchev–Trinajstić information content (AvgIpc) is 2.46. The minimum absolute atomic E-state index is 0.0963. The van der Waals surface area contributed by atoms with E-state index >= 15 is 0 Å². The van der Waals surface area contributed by atoms with E-state index in [2.05, 4.69) is 34.8 Å². The zero-order valence-corrected chi connectivity index (χ0v) is 14.0. The first kappa shape index (κ1) is 15.8. The monoisotopic (exact) mass is 387 g/mol. The van der Waals surface area contributed by atoms with Crippen molar-refractivity contribution in [1.29, 1.82) is 0 Å². The number of carbonyl (C=O) groups is 1. The van der Waals surface area contributed by atoms with Gasteiger partial charge in [0, 0.05) is 10.1 Å². The first-order chi connectivity index (χ1) is 9.54. The zero-order chi connectivity index (χ0) is 14.6. The molecule has 0 atom stereocenters. The Morgan fingerprint density at radius 1 is 1.40 bits per heavy atom. The van der Waals surface area contributed by atoms with E-state index in [1.807, 2.05) is 24.3 Å². The molecule has 4 heteroatoms. The second-order valence-electron chi connectivity index (χ2n) is 5.74. The molecule has 0 aliphatic heterocycles. The first-order valence-corrected chi connectivity index (χ1v) is 8.37. The van der Waals surface area contributed by atoms with Crippen LogP contribution < -0.4 is 5.32 Å². The zero-order valence-electron chi connectivity index (χ0n) is 11.9. The maximum absolute atomic E-state index is 12.1. The molecule has 0 saturated heterocycles. The number of nitrogens with one attached hydrogen (secondary N) is 1. The highest BCUT2D eigenvalue weighted by Crippen LogP contribution is 2.33. The molecule has 20 heavy (non-hydrogen) atoms. The molecule has 1 fully saturated rings. The standard InChI is InChI=1S/C16H22INO2/c1-2-12-7-9-16(20,10-8-12)11-18-15(19)13-5-3-4-6-14(13)17/h3-6,12,20H,2,7-11H2,1H3,(H,18,19). The molecule has 1 aromatic rings. The van der Waals surface area contributed by atoms with E-state index in [0.717, 1.165) is 35.2 Å². The smallest absolute Gasteiger partial charge is 0.252 e. The molecular formula is C16H22INO2. The van der Waals surface area contributed by atoms with Crippen molar-refractivity contribution in [3.63, 3.8) is 0 Å². The Morgan fingerprint density at radius 3 is 2.65 bits per heavy atom. The summed E-state index contributed by atoms with van der Waals surface area (Å²) in [6.45, 7) is 2.56. The van der Waals surface area contributed by atoms with Crippen LogP contribution in [0.3, 0.4) is 0 Å². The summed E-state index contributed by atoms with van der Waals surface area (Å²) in [4.78, 5) is 12.1. The Kier molecular flexibility index (Phi) is 5.43. The minimum atomic E-state index is -0.721. The fourth-order valence-corrected chi connectivity index (χ4v) is 3.42. The summed E-state index contributed by atoms with van der Waals surface area (Å²) in [5.74, 6) is 0.641. The normalized spacial score (nSPS) is 26.2. The van der Waals surface area contributed by atoms with Crippen LogP contribution in [-0.4, -0.2) is 23.2 Å². The van der Waals surface area contributed by atoms with Crippen molar-refractivity contribution in [3.8, 4) is 0 Å². The second-order valence-corrected chi connectivity index (χ2v) is 6.90. The number of carbonyl (C=O) groups excluding carboxylic acids is 1. The van der Waals surface area contributed by atoms with Crippen LogP contribution in [0.5, 0.6) is 0 Å². The molecular weight excluding hydrogens is 365 g/mol. The highest BCUT2D eigenvalue weighted by Gasteiger charge is 2.32. The Bertz CT molecular complexity index is 467. The molecule has 0 heterocycles. The van der Waals surface area contributed by atoms with Gasteiger partial charge in [0.1, 0.15) is 0 Å². The minimum Gasteiger partial charge on any atom is -0.388 e. The van der Waals surface area contributed by atoms with Crippen LogP contribution in [0.15, 0.2) is 24.3 Å². The quantitative estimate of drug-likeness (QED) is 0.779. The maximum atomic E-state index is 12.1. The number of hydrogen-bond acceptors (Lipinski definition) is 2. The highest BCUT2D eigenvalue weighted by molar-refractivity contribution is 14.1.